The van der Waals surface area contributed by atoms with Gasteiger partial charge in [-0.1, -0.05) is 31.7 Å². The summed E-state index contributed by atoms with van der Waals surface area (Å²) >= 11 is 1.08. The fourth-order valence-corrected chi connectivity index (χ4v) is 7.41. The lowest BCUT2D eigenvalue weighted by Crippen LogP contribution is -2.46. The Morgan fingerprint density at radius 2 is 1.69 bits per heavy atom. The van der Waals surface area contributed by atoms with Crippen LogP contribution in [0.4, 0.5) is 5.82 Å². The van der Waals surface area contributed by atoms with Gasteiger partial charge in [0.15, 0.2) is 29.1 Å². The first-order valence-corrected chi connectivity index (χ1v) is 21.5. The average molecular weight is 864 g/mol. The van der Waals surface area contributed by atoms with Crippen LogP contribution < -0.4 is 16.4 Å². The number of aliphatic hydroxyl groups excluding tert-OH is 1. The first-order valence-electron chi connectivity index (χ1n) is 16.0. The summed E-state index contributed by atoms with van der Waals surface area (Å²) in [6, 6.07) is 0. The second kappa shape index (κ2) is 22.1. The van der Waals surface area contributed by atoms with Crippen LogP contribution in [0.25, 0.3) is 11.2 Å². The number of phosphoric acid groups is 3. The number of aliphatic hydroxyl groups is 1. The molecule has 310 valence electrons. The Morgan fingerprint density at radius 1 is 1.02 bits per heavy atom. The van der Waals surface area contributed by atoms with E-state index in [0.717, 1.165) is 35.4 Å². The molecule has 0 aliphatic heterocycles. The van der Waals surface area contributed by atoms with E-state index < -0.39 is 79.0 Å². The minimum Gasteiger partial charge on any atom is -0.383 e. The summed E-state index contributed by atoms with van der Waals surface area (Å²) in [5.74, 6) is -1.12. The van der Waals surface area contributed by atoms with Crippen molar-refractivity contribution in [2.75, 3.05) is 44.4 Å². The summed E-state index contributed by atoms with van der Waals surface area (Å²) < 4.78 is 61.0. The number of thioether (sulfide) groups is 1. The number of carbonyl (C=O) groups is 4. The number of nitrogens with one attached hydrogen (secondary N) is 2. The predicted octanol–water partition coefficient (Wildman–Crippen LogP) is 0.477. The molecule has 24 nitrogen and oxygen atoms in total. The Hall–Kier alpha value is -2.99. The minimum absolute atomic E-state index is 0.00482. The third-order valence-electron chi connectivity index (χ3n) is 6.88. The van der Waals surface area contributed by atoms with Crippen LogP contribution in [0, 0.1) is 5.41 Å². The van der Waals surface area contributed by atoms with Crippen LogP contribution in [0.2, 0.25) is 0 Å². The predicted molar refractivity (Wildman–Crippen MR) is 192 cm³/mol. The fourth-order valence-electron chi connectivity index (χ4n) is 4.06. The number of amides is 2. The van der Waals surface area contributed by atoms with Crippen molar-refractivity contribution in [1.29, 1.82) is 0 Å². The number of rotatable bonds is 27. The zero-order chi connectivity index (χ0) is 41.5. The normalized spacial score (nSPS) is 16.0. The monoisotopic (exact) mass is 863 g/mol. The van der Waals surface area contributed by atoms with Crippen molar-refractivity contribution in [3.63, 3.8) is 0 Å². The van der Waals surface area contributed by atoms with Gasteiger partial charge in [-0.15, -0.1) is 6.58 Å². The van der Waals surface area contributed by atoms with E-state index >= 15 is 0 Å². The number of aldehydes is 1. The Kier molecular flexibility index (Phi) is 19.3. The summed E-state index contributed by atoms with van der Waals surface area (Å²) in [5, 5.41) is 15.4. The van der Waals surface area contributed by atoms with E-state index in [2.05, 4.69) is 45.5 Å². The van der Waals surface area contributed by atoms with Crippen LogP contribution >= 0.6 is 35.2 Å². The molecule has 0 radical (unpaired) electrons. The number of nitrogens with zero attached hydrogens (tertiary/aromatic N) is 4. The molecule has 0 spiro atoms. The van der Waals surface area contributed by atoms with Crippen LogP contribution in [0.1, 0.15) is 45.8 Å². The highest BCUT2D eigenvalue weighted by atomic mass is 32.2. The van der Waals surface area contributed by atoms with Gasteiger partial charge < -0.3 is 45.8 Å². The number of anilines is 1. The van der Waals surface area contributed by atoms with E-state index in [1.807, 2.05) is 0 Å². The maximum Gasteiger partial charge on any atom is 0.481 e. The molecule has 55 heavy (non-hydrogen) atoms. The molecule has 2 heterocycles. The van der Waals surface area contributed by atoms with E-state index in [1.165, 1.54) is 13.8 Å². The van der Waals surface area contributed by atoms with E-state index in [1.54, 1.807) is 6.08 Å². The summed E-state index contributed by atoms with van der Waals surface area (Å²) in [5.41, 5.74) is 4.16. The summed E-state index contributed by atoms with van der Waals surface area (Å²) in [4.78, 5) is 98.3. The quantitative estimate of drug-likeness (QED) is 0.0262. The Morgan fingerprint density at radius 3 is 2.35 bits per heavy atom. The molecule has 0 saturated carbocycles. The molecule has 2 aromatic heterocycles. The van der Waals surface area contributed by atoms with Crippen molar-refractivity contribution in [3.8, 4) is 0 Å². The molecule has 2 unspecified atom stereocenters. The van der Waals surface area contributed by atoms with Crippen molar-refractivity contribution < 1.29 is 80.2 Å². The topological polar surface area (TPSA) is 360 Å². The zero-order valence-electron chi connectivity index (χ0n) is 29.6. The Balaban J connectivity index is 1.89. The standard InChI is InChI=1S/C27H44N7O17P3S/c1-4-5-6-7-21(37)55-11-10-29-19(36)8-9-30-26(39)23(38)27(2,3)15-49-54(45,46)51-53(43,44)48-14-18(13-47-52(40,41)42)50-20(12-35)34-17-33-22-24(28)31-16-32-25(22)34/h4,12,16-18,20,23,38H,1,5-11,13-15H2,2-3H3,(H,29,36)(H,30,39)(H,43,44)(H,45,46)(H2,28,31,32)(H2,40,41,42)/t18-,20+,23-/m0/s1. The van der Waals surface area contributed by atoms with E-state index in [9.17, 15) is 47.8 Å². The lowest BCUT2D eigenvalue weighted by Gasteiger charge is -2.30. The molecule has 0 aliphatic rings. The molecule has 0 aromatic carbocycles. The van der Waals surface area contributed by atoms with Crippen molar-refractivity contribution in [2.24, 2.45) is 5.41 Å². The van der Waals surface area contributed by atoms with Gasteiger partial charge in [0.25, 0.3) is 0 Å². The van der Waals surface area contributed by atoms with Crippen LogP contribution in [-0.2, 0) is 55.5 Å². The van der Waals surface area contributed by atoms with E-state index in [-0.39, 0.29) is 47.9 Å². The first kappa shape index (κ1) is 48.2. The molecule has 9 N–H and O–H groups in total. The number of nitrogens with two attached hydrogens (primary N) is 1. The van der Waals surface area contributed by atoms with Gasteiger partial charge >= 0.3 is 23.5 Å². The number of nitrogen functional groups attached to an aromatic ring is 1. The van der Waals surface area contributed by atoms with Gasteiger partial charge in [0.2, 0.25) is 11.8 Å². The highest BCUT2D eigenvalue weighted by Crippen LogP contribution is 2.61. The van der Waals surface area contributed by atoms with Gasteiger partial charge in [-0.2, -0.15) is 4.31 Å². The van der Waals surface area contributed by atoms with Crippen LogP contribution in [-0.4, -0.2) is 118 Å². The average Bonchev–Trinajstić information content (AvgIpc) is 3.53. The molecule has 28 heteroatoms. The van der Waals surface area contributed by atoms with Gasteiger partial charge in [-0.05, 0) is 12.8 Å². The molecule has 2 rings (SSSR count). The molecular formula is C27H44N7O17P3S. The van der Waals surface area contributed by atoms with Gasteiger partial charge in [-0.25, -0.2) is 28.6 Å². The SMILES string of the molecule is C=CCCCC(=O)SCCNC(=O)CCNC(=O)[C@H](O)C(C)(C)COP(=O)(O)OP(=O)(O)OC[C@H](COP(=O)(O)O)O[C@H](C=O)n1cnc2c(N)ncnc21. The highest BCUT2D eigenvalue weighted by molar-refractivity contribution is 8.13. The second-order valence-corrected chi connectivity index (χ2v) is 17.4. The lowest BCUT2D eigenvalue weighted by molar-refractivity contribution is -0.137. The van der Waals surface area contributed by atoms with Crippen molar-refractivity contribution in [1.82, 2.24) is 30.2 Å². The number of aromatic nitrogens is 4. The van der Waals surface area contributed by atoms with E-state index in [4.69, 9.17) is 24.8 Å². The number of allylic oxidation sites excluding steroid dienone is 1. The number of hydrogen-bond acceptors (Lipinski definition) is 18. The molecular weight excluding hydrogens is 819 g/mol. The molecule has 0 fully saturated rings. The number of hydrogen-bond donors (Lipinski definition) is 8. The molecule has 0 bridgehead atoms. The summed E-state index contributed by atoms with van der Waals surface area (Å²) in [6.45, 7) is 2.98. The molecule has 5 atom stereocenters. The highest BCUT2D eigenvalue weighted by Gasteiger charge is 2.41. The van der Waals surface area contributed by atoms with Gasteiger partial charge in [0.05, 0.1) is 26.1 Å². The van der Waals surface area contributed by atoms with Crippen LogP contribution in [0.5, 0.6) is 0 Å². The maximum atomic E-state index is 12.6. The van der Waals surface area contributed by atoms with Crippen molar-refractivity contribution in [3.05, 3.63) is 25.3 Å². The number of unbranched alkanes of at least 4 members (excludes halogenated alkanes) is 1. The maximum absolute atomic E-state index is 12.6. The fraction of sp³-hybridized carbons (Fsp3) is 0.593. The number of carbonyl (C=O) groups excluding carboxylic acids is 4. The largest absolute Gasteiger partial charge is 0.481 e. The number of ether oxygens (including phenoxy) is 1. The van der Waals surface area contributed by atoms with Crippen molar-refractivity contribution >= 4 is 75.4 Å². The Bertz CT molecular complexity index is 1780. The number of fused-ring (bicyclic) bond motifs is 1. The van der Waals surface area contributed by atoms with Gasteiger partial charge in [0, 0.05) is 37.1 Å². The molecule has 2 aromatic rings. The molecule has 2 amide bonds. The lowest BCUT2D eigenvalue weighted by atomic mass is 9.87. The van der Waals surface area contributed by atoms with E-state index in [0.29, 0.717) is 18.6 Å². The number of phosphoric ester groups is 3. The minimum atomic E-state index is -5.57. The smallest absolute Gasteiger partial charge is 0.383 e. The van der Waals surface area contributed by atoms with Crippen LogP contribution in [0.15, 0.2) is 25.3 Å². The summed E-state index contributed by atoms with van der Waals surface area (Å²) in [6.07, 6.45) is 0.385. The molecule has 0 aliphatic carbocycles. The first-order chi connectivity index (χ1) is 25.6. The van der Waals surface area contributed by atoms with Gasteiger partial charge in [0.1, 0.15) is 24.1 Å². The third-order valence-corrected chi connectivity index (χ3v) is 10.9. The zero-order valence-corrected chi connectivity index (χ0v) is 33.1. The Labute approximate surface area is 318 Å². The summed E-state index contributed by atoms with van der Waals surface area (Å²) in [7, 11) is -16.2. The number of imidazole rings is 1. The van der Waals surface area contributed by atoms with Crippen molar-refractivity contribution in [2.45, 2.75) is 58.0 Å². The third kappa shape index (κ3) is 17.8. The second-order valence-electron chi connectivity index (χ2n) is 11.9. The van der Waals surface area contributed by atoms with Crippen LogP contribution in [0.3, 0.4) is 0 Å². The molecule has 0 saturated heterocycles. The van der Waals surface area contributed by atoms with Gasteiger partial charge in [-0.3, -0.25) is 37.3 Å².